The maximum Gasteiger partial charge on any atom is 0.140 e. The minimum atomic E-state index is 0.560. The maximum absolute atomic E-state index is 6.02. The Balaban J connectivity index is 2.27. The van der Waals surface area contributed by atoms with Crippen LogP contribution in [0.15, 0.2) is 24.3 Å². The first-order chi connectivity index (χ1) is 9.45. The zero-order valence-electron chi connectivity index (χ0n) is 12.2. The van der Waals surface area contributed by atoms with Gasteiger partial charge in [-0.1, -0.05) is 43.7 Å². The maximum atomic E-state index is 6.02. The minimum absolute atomic E-state index is 0.560. The first kappa shape index (κ1) is 15.2. The van der Waals surface area contributed by atoms with Crippen LogP contribution in [0.5, 0.6) is 0 Å². The summed E-state index contributed by atoms with van der Waals surface area (Å²) in [5.74, 6) is 1.96. The van der Waals surface area contributed by atoms with Crippen molar-refractivity contribution in [3.05, 3.63) is 50.5 Å². The summed E-state index contributed by atoms with van der Waals surface area (Å²) in [6.07, 6.45) is 1.67. The van der Waals surface area contributed by atoms with Crippen molar-refractivity contribution in [1.29, 1.82) is 0 Å². The van der Waals surface area contributed by atoms with Crippen molar-refractivity contribution in [2.45, 2.75) is 33.6 Å². The van der Waals surface area contributed by atoms with Gasteiger partial charge < -0.3 is 5.73 Å². The summed E-state index contributed by atoms with van der Waals surface area (Å²) in [5, 5.41) is 0. The largest absolute Gasteiger partial charge is 0.383 e. The molecule has 1 aromatic carbocycles. The van der Waals surface area contributed by atoms with Crippen LogP contribution < -0.4 is 5.73 Å². The molecular formula is C16H20IN3. The van der Waals surface area contributed by atoms with E-state index in [4.69, 9.17) is 10.7 Å². The van der Waals surface area contributed by atoms with Gasteiger partial charge in [0.1, 0.15) is 11.6 Å². The highest BCUT2D eigenvalue weighted by Gasteiger charge is 2.11. The molecule has 0 amide bonds. The van der Waals surface area contributed by atoms with Crippen LogP contribution in [-0.2, 0) is 12.8 Å². The van der Waals surface area contributed by atoms with Crippen molar-refractivity contribution in [3.8, 4) is 0 Å². The van der Waals surface area contributed by atoms with Crippen LogP contribution >= 0.6 is 22.6 Å². The fourth-order valence-corrected chi connectivity index (χ4v) is 2.52. The second kappa shape index (κ2) is 6.52. The molecule has 0 saturated carbocycles. The van der Waals surface area contributed by atoms with Gasteiger partial charge in [-0.2, -0.15) is 0 Å². The first-order valence-corrected chi connectivity index (χ1v) is 7.90. The summed E-state index contributed by atoms with van der Waals surface area (Å²) in [5.41, 5.74) is 9.56. The monoisotopic (exact) mass is 381 g/mol. The van der Waals surface area contributed by atoms with Crippen LogP contribution in [0.3, 0.4) is 0 Å². The highest BCUT2D eigenvalue weighted by Crippen LogP contribution is 2.20. The van der Waals surface area contributed by atoms with E-state index in [2.05, 4.69) is 72.6 Å². The zero-order chi connectivity index (χ0) is 14.7. The van der Waals surface area contributed by atoms with Crippen molar-refractivity contribution in [3.63, 3.8) is 0 Å². The van der Waals surface area contributed by atoms with Gasteiger partial charge in [0, 0.05) is 6.42 Å². The number of nitrogens with two attached hydrogens (primary N) is 1. The van der Waals surface area contributed by atoms with Crippen LogP contribution in [0.2, 0.25) is 0 Å². The Morgan fingerprint density at radius 2 is 1.80 bits per heavy atom. The lowest BCUT2D eigenvalue weighted by atomic mass is 10.1. The number of nitrogens with zero attached hydrogens (tertiary/aromatic N) is 2. The van der Waals surface area contributed by atoms with Crippen LogP contribution in [0.1, 0.15) is 36.5 Å². The lowest BCUT2D eigenvalue weighted by Gasteiger charge is -2.11. The van der Waals surface area contributed by atoms with Crippen molar-refractivity contribution in [1.82, 2.24) is 9.97 Å². The van der Waals surface area contributed by atoms with Gasteiger partial charge in [0.15, 0.2) is 0 Å². The summed E-state index contributed by atoms with van der Waals surface area (Å²) in [4.78, 5) is 9.11. The van der Waals surface area contributed by atoms with E-state index >= 15 is 0 Å². The van der Waals surface area contributed by atoms with Gasteiger partial charge in [0.25, 0.3) is 0 Å². The molecule has 2 rings (SSSR count). The molecule has 0 aliphatic rings. The molecule has 3 nitrogen and oxygen atoms in total. The van der Waals surface area contributed by atoms with E-state index in [0.29, 0.717) is 11.7 Å². The molecule has 0 bridgehead atoms. The molecule has 0 aliphatic carbocycles. The van der Waals surface area contributed by atoms with Crippen LogP contribution in [-0.4, -0.2) is 9.97 Å². The Labute approximate surface area is 134 Å². The molecular weight excluding hydrogens is 361 g/mol. The fourth-order valence-electron chi connectivity index (χ4n) is 2.06. The standard InChI is InChI=1S/C16H20IN3/c1-10(2)8-13-15(17)16(18)20-14(19-13)9-12-6-4-11(3)5-7-12/h4-7,10H,8-9H2,1-3H3,(H2,18,19,20). The van der Waals surface area contributed by atoms with E-state index in [0.717, 1.165) is 27.9 Å². The van der Waals surface area contributed by atoms with Gasteiger partial charge in [0.05, 0.1) is 9.26 Å². The Hall–Kier alpha value is -1.17. The van der Waals surface area contributed by atoms with Gasteiger partial charge in [-0.05, 0) is 47.4 Å². The number of anilines is 1. The van der Waals surface area contributed by atoms with E-state index < -0.39 is 0 Å². The molecule has 20 heavy (non-hydrogen) atoms. The number of nitrogen functional groups attached to an aromatic ring is 1. The summed E-state index contributed by atoms with van der Waals surface area (Å²) >= 11 is 2.24. The molecule has 0 atom stereocenters. The summed E-state index contributed by atoms with van der Waals surface area (Å²) in [6.45, 7) is 6.46. The average Bonchev–Trinajstić information content (AvgIpc) is 2.37. The van der Waals surface area contributed by atoms with E-state index in [1.54, 1.807) is 0 Å². The number of rotatable bonds is 4. The van der Waals surface area contributed by atoms with Crippen molar-refractivity contribution >= 4 is 28.4 Å². The molecule has 0 saturated heterocycles. The molecule has 0 fully saturated rings. The summed E-state index contributed by atoms with van der Waals surface area (Å²) in [6, 6.07) is 8.46. The van der Waals surface area contributed by atoms with Crippen molar-refractivity contribution in [2.24, 2.45) is 5.92 Å². The highest BCUT2D eigenvalue weighted by atomic mass is 127. The molecule has 2 aromatic rings. The molecule has 1 heterocycles. The number of benzene rings is 1. The average molecular weight is 381 g/mol. The number of aryl methyl sites for hydroxylation is 1. The van der Waals surface area contributed by atoms with Gasteiger partial charge in [-0.25, -0.2) is 9.97 Å². The summed E-state index contributed by atoms with van der Waals surface area (Å²) in [7, 11) is 0. The zero-order valence-corrected chi connectivity index (χ0v) is 14.3. The van der Waals surface area contributed by atoms with E-state index in [1.807, 2.05) is 0 Å². The van der Waals surface area contributed by atoms with Crippen LogP contribution in [0.4, 0.5) is 5.82 Å². The van der Waals surface area contributed by atoms with Crippen molar-refractivity contribution < 1.29 is 0 Å². The van der Waals surface area contributed by atoms with E-state index in [-0.39, 0.29) is 0 Å². The molecule has 0 spiro atoms. The third kappa shape index (κ3) is 3.91. The number of aromatic nitrogens is 2. The predicted octanol–water partition coefficient (Wildman–Crippen LogP) is 3.76. The quantitative estimate of drug-likeness (QED) is 0.821. The SMILES string of the molecule is Cc1ccc(Cc2nc(N)c(I)c(CC(C)C)n2)cc1. The summed E-state index contributed by atoms with van der Waals surface area (Å²) < 4.78 is 0.990. The Kier molecular flexibility index (Phi) is 4.96. The van der Waals surface area contributed by atoms with E-state index in [9.17, 15) is 0 Å². The third-order valence-corrected chi connectivity index (χ3v) is 4.25. The van der Waals surface area contributed by atoms with Gasteiger partial charge >= 0.3 is 0 Å². The second-order valence-electron chi connectivity index (χ2n) is 5.55. The molecule has 0 radical (unpaired) electrons. The molecule has 1 aromatic heterocycles. The molecule has 2 N–H and O–H groups in total. The first-order valence-electron chi connectivity index (χ1n) is 6.82. The lowest BCUT2D eigenvalue weighted by molar-refractivity contribution is 0.629. The minimum Gasteiger partial charge on any atom is -0.383 e. The van der Waals surface area contributed by atoms with Crippen LogP contribution in [0.25, 0.3) is 0 Å². The normalized spacial score (nSPS) is 11.1. The van der Waals surface area contributed by atoms with Gasteiger partial charge in [-0.15, -0.1) is 0 Å². The van der Waals surface area contributed by atoms with E-state index in [1.165, 1.54) is 11.1 Å². The predicted molar refractivity (Wildman–Crippen MR) is 91.7 cm³/mol. The fraction of sp³-hybridized carbons (Fsp3) is 0.375. The second-order valence-corrected chi connectivity index (χ2v) is 6.62. The Morgan fingerprint density at radius 1 is 1.15 bits per heavy atom. The smallest absolute Gasteiger partial charge is 0.140 e. The molecule has 4 heteroatoms. The number of halogens is 1. The molecule has 106 valence electrons. The Bertz CT molecular complexity index is 591. The lowest BCUT2D eigenvalue weighted by Crippen LogP contribution is -2.10. The highest BCUT2D eigenvalue weighted by molar-refractivity contribution is 14.1. The van der Waals surface area contributed by atoms with Gasteiger partial charge in [0.2, 0.25) is 0 Å². The van der Waals surface area contributed by atoms with Gasteiger partial charge in [-0.3, -0.25) is 0 Å². The number of hydrogen-bond acceptors (Lipinski definition) is 3. The number of hydrogen-bond donors (Lipinski definition) is 1. The topological polar surface area (TPSA) is 51.8 Å². The van der Waals surface area contributed by atoms with Crippen molar-refractivity contribution in [2.75, 3.05) is 5.73 Å². The molecule has 0 unspecified atom stereocenters. The third-order valence-electron chi connectivity index (χ3n) is 3.08. The Morgan fingerprint density at radius 3 is 2.40 bits per heavy atom. The van der Waals surface area contributed by atoms with Crippen LogP contribution in [0, 0.1) is 16.4 Å². The molecule has 0 aliphatic heterocycles.